The normalized spacial score (nSPS) is 23.1. The zero-order valence-corrected chi connectivity index (χ0v) is 12.9. The fourth-order valence-electron chi connectivity index (χ4n) is 3.31. The molecule has 2 atom stereocenters. The summed E-state index contributed by atoms with van der Waals surface area (Å²) in [6.45, 7) is 0.397. The van der Waals surface area contributed by atoms with E-state index >= 15 is 0 Å². The second-order valence-electron chi connectivity index (χ2n) is 6.10. The quantitative estimate of drug-likeness (QED) is 0.817. The van der Waals surface area contributed by atoms with Crippen LogP contribution in [-0.2, 0) is 9.59 Å². The Morgan fingerprint density at radius 2 is 2.12 bits per heavy atom. The fourth-order valence-corrected chi connectivity index (χ4v) is 3.31. The van der Waals surface area contributed by atoms with Crippen LogP contribution in [0.2, 0.25) is 0 Å². The first-order valence-corrected chi connectivity index (χ1v) is 7.84. The van der Waals surface area contributed by atoms with Crippen molar-refractivity contribution in [2.75, 3.05) is 13.1 Å². The molecule has 7 heteroatoms. The van der Waals surface area contributed by atoms with E-state index in [4.69, 9.17) is 0 Å². The summed E-state index contributed by atoms with van der Waals surface area (Å²) in [5.74, 6) is -0.506. The molecular formula is C17H16N4O3. The average Bonchev–Trinajstić information content (AvgIpc) is 3.03. The molecule has 1 aromatic carbocycles. The summed E-state index contributed by atoms with van der Waals surface area (Å²) in [5.41, 5.74) is 1.30. The van der Waals surface area contributed by atoms with Crippen LogP contribution in [-0.4, -0.2) is 52.8 Å². The van der Waals surface area contributed by atoms with Gasteiger partial charge in [-0.15, -0.1) is 0 Å². The number of carbonyl (C=O) groups excluding carboxylic acids is 3. The Morgan fingerprint density at radius 1 is 1.29 bits per heavy atom. The number of rotatable bonds is 2. The lowest BCUT2D eigenvalue weighted by Crippen LogP contribution is -2.55. The first-order chi connectivity index (χ1) is 11.6. The number of fused-ring (bicyclic) bond motifs is 2. The van der Waals surface area contributed by atoms with Crippen molar-refractivity contribution in [1.82, 2.24) is 20.5 Å². The van der Waals surface area contributed by atoms with Crippen LogP contribution in [0.15, 0.2) is 36.5 Å². The van der Waals surface area contributed by atoms with E-state index in [2.05, 4.69) is 15.6 Å². The van der Waals surface area contributed by atoms with Crippen molar-refractivity contribution in [3.8, 4) is 0 Å². The summed E-state index contributed by atoms with van der Waals surface area (Å²) >= 11 is 0. The van der Waals surface area contributed by atoms with Crippen molar-refractivity contribution in [3.63, 3.8) is 0 Å². The van der Waals surface area contributed by atoms with Gasteiger partial charge < -0.3 is 15.5 Å². The molecule has 0 saturated carbocycles. The van der Waals surface area contributed by atoms with E-state index in [1.165, 1.54) is 6.20 Å². The van der Waals surface area contributed by atoms with Crippen LogP contribution in [0.1, 0.15) is 16.8 Å². The topological polar surface area (TPSA) is 91.4 Å². The molecule has 0 radical (unpaired) electrons. The number of benzene rings is 1. The molecule has 3 amide bonds. The minimum absolute atomic E-state index is 0.0323. The van der Waals surface area contributed by atoms with Gasteiger partial charge in [0.25, 0.3) is 5.91 Å². The first-order valence-electron chi connectivity index (χ1n) is 7.84. The van der Waals surface area contributed by atoms with Crippen LogP contribution < -0.4 is 10.6 Å². The predicted octanol–water partition coefficient (Wildman–Crippen LogP) is 0.0639. The molecule has 0 unspecified atom stereocenters. The molecule has 0 spiro atoms. The van der Waals surface area contributed by atoms with E-state index in [0.717, 1.165) is 10.9 Å². The third-order valence-electron chi connectivity index (χ3n) is 4.53. The molecular weight excluding hydrogens is 308 g/mol. The van der Waals surface area contributed by atoms with Crippen molar-refractivity contribution in [1.29, 1.82) is 0 Å². The molecule has 2 N–H and O–H groups in total. The Bertz CT molecular complexity index is 827. The molecule has 24 heavy (non-hydrogen) atoms. The number of carbonyl (C=O) groups is 3. The summed E-state index contributed by atoms with van der Waals surface area (Å²) in [6.07, 6.45) is 1.97. The SMILES string of the molecule is O=C(N[C@@H]1C[C@H]2C(=O)NCC(=O)N2C1)c1cnc2ccccc2c1. The number of hydrogen-bond donors (Lipinski definition) is 2. The molecule has 2 aromatic rings. The Balaban J connectivity index is 1.49. The van der Waals surface area contributed by atoms with Crippen molar-refractivity contribution in [2.24, 2.45) is 0 Å². The van der Waals surface area contributed by atoms with Gasteiger partial charge in [0, 0.05) is 24.2 Å². The zero-order chi connectivity index (χ0) is 16.7. The van der Waals surface area contributed by atoms with E-state index in [-0.39, 0.29) is 30.3 Å². The second kappa shape index (κ2) is 5.59. The highest BCUT2D eigenvalue weighted by atomic mass is 16.2. The van der Waals surface area contributed by atoms with Gasteiger partial charge in [-0.25, -0.2) is 0 Å². The van der Waals surface area contributed by atoms with E-state index < -0.39 is 6.04 Å². The number of para-hydroxylation sites is 1. The molecule has 2 saturated heterocycles. The summed E-state index contributed by atoms with van der Waals surface area (Å²) in [4.78, 5) is 42.0. The fraction of sp³-hybridized carbons (Fsp3) is 0.294. The van der Waals surface area contributed by atoms with Gasteiger partial charge in [-0.3, -0.25) is 19.4 Å². The molecule has 4 rings (SSSR count). The minimum Gasteiger partial charge on any atom is -0.347 e. The van der Waals surface area contributed by atoms with Crippen LogP contribution >= 0.6 is 0 Å². The van der Waals surface area contributed by atoms with E-state index in [9.17, 15) is 14.4 Å². The summed E-state index contributed by atoms with van der Waals surface area (Å²) < 4.78 is 0. The maximum atomic E-state index is 12.5. The number of amides is 3. The maximum Gasteiger partial charge on any atom is 0.253 e. The largest absolute Gasteiger partial charge is 0.347 e. The number of aromatic nitrogens is 1. The average molecular weight is 324 g/mol. The van der Waals surface area contributed by atoms with Crippen LogP contribution in [0.3, 0.4) is 0 Å². The van der Waals surface area contributed by atoms with Gasteiger partial charge >= 0.3 is 0 Å². The Kier molecular flexibility index (Phi) is 3.41. The van der Waals surface area contributed by atoms with Crippen molar-refractivity contribution < 1.29 is 14.4 Å². The minimum atomic E-state index is -0.480. The van der Waals surface area contributed by atoms with Crippen LogP contribution in [0.25, 0.3) is 10.9 Å². The number of hydrogen-bond acceptors (Lipinski definition) is 4. The predicted molar refractivity (Wildman–Crippen MR) is 86.1 cm³/mol. The Hall–Kier alpha value is -2.96. The van der Waals surface area contributed by atoms with Gasteiger partial charge in [-0.1, -0.05) is 18.2 Å². The third kappa shape index (κ3) is 2.47. The molecule has 2 aliphatic heterocycles. The molecule has 7 nitrogen and oxygen atoms in total. The second-order valence-corrected chi connectivity index (χ2v) is 6.10. The number of piperazine rings is 1. The van der Waals surface area contributed by atoms with Gasteiger partial charge in [0.2, 0.25) is 11.8 Å². The molecule has 1 aromatic heterocycles. The van der Waals surface area contributed by atoms with Gasteiger partial charge in [0.1, 0.15) is 6.04 Å². The van der Waals surface area contributed by atoms with E-state index in [1.54, 1.807) is 11.0 Å². The smallest absolute Gasteiger partial charge is 0.253 e. The van der Waals surface area contributed by atoms with Gasteiger partial charge in [-0.05, 0) is 18.6 Å². The summed E-state index contributed by atoms with van der Waals surface area (Å²) in [6, 6.07) is 8.65. The highest BCUT2D eigenvalue weighted by molar-refractivity contribution is 5.98. The molecule has 2 aliphatic rings. The molecule has 2 fully saturated rings. The highest BCUT2D eigenvalue weighted by Gasteiger charge is 2.42. The van der Waals surface area contributed by atoms with Crippen LogP contribution in [0.5, 0.6) is 0 Å². The lowest BCUT2D eigenvalue weighted by molar-refractivity contribution is -0.143. The zero-order valence-electron chi connectivity index (χ0n) is 12.9. The van der Waals surface area contributed by atoms with Gasteiger partial charge in [0.05, 0.1) is 17.6 Å². The summed E-state index contributed by atoms with van der Waals surface area (Å²) in [5, 5.41) is 6.37. The lowest BCUT2D eigenvalue weighted by atomic mass is 10.1. The molecule has 122 valence electrons. The number of nitrogens with zero attached hydrogens (tertiary/aromatic N) is 2. The van der Waals surface area contributed by atoms with Crippen LogP contribution in [0, 0.1) is 0 Å². The molecule has 0 bridgehead atoms. The van der Waals surface area contributed by atoms with E-state index in [1.807, 2.05) is 24.3 Å². The number of pyridine rings is 1. The lowest BCUT2D eigenvalue weighted by Gasteiger charge is -2.28. The number of nitrogens with one attached hydrogen (secondary N) is 2. The Morgan fingerprint density at radius 3 is 2.96 bits per heavy atom. The van der Waals surface area contributed by atoms with Crippen molar-refractivity contribution >= 4 is 28.6 Å². The van der Waals surface area contributed by atoms with Crippen molar-refractivity contribution in [2.45, 2.75) is 18.5 Å². The Labute approximate surface area is 138 Å². The highest BCUT2D eigenvalue weighted by Crippen LogP contribution is 2.21. The van der Waals surface area contributed by atoms with Gasteiger partial charge in [0.15, 0.2) is 0 Å². The van der Waals surface area contributed by atoms with Gasteiger partial charge in [-0.2, -0.15) is 0 Å². The monoisotopic (exact) mass is 324 g/mol. The van der Waals surface area contributed by atoms with Crippen molar-refractivity contribution in [3.05, 3.63) is 42.1 Å². The third-order valence-corrected chi connectivity index (χ3v) is 4.53. The summed E-state index contributed by atoms with van der Waals surface area (Å²) in [7, 11) is 0. The molecule has 3 heterocycles. The standard InChI is InChI=1S/C17H16N4O3/c22-15-8-19-17(24)14-6-12(9-21(14)15)20-16(23)11-5-10-3-1-2-4-13(10)18-7-11/h1-5,7,12,14H,6,8-9H2,(H,19,24)(H,20,23)/t12-,14+/m1/s1. The molecule has 0 aliphatic carbocycles. The maximum absolute atomic E-state index is 12.5. The van der Waals surface area contributed by atoms with E-state index in [0.29, 0.717) is 18.5 Å². The van der Waals surface area contributed by atoms with Crippen LogP contribution in [0.4, 0.5) is 0 Å². The first kappa shape index (κ1) is 14.6.